The molecule has 2 aliphatic rings. The summed E-state index contributed by atoms with van der Waals surface area (Å²) in [7, 11) is -9.90. The number of hydrogen-bond acceptors (Lipinski definition) is 4. The summed E-state index contributed by atoms with van der Waals surface area (Å²) in [6.45, 7) is 8.59. The summed E-state index contributed by atoms with van der Waals surface area (Å²) in [6.07, 6.45) is 6.35. The minimum Gasteiger partial charge on any atom is -0.302 e. The SMILES string of the molecule is CC1=CCC2C(C)(C)CCC[C@]2(C)[C@H]1COP(=O)(O)OP(=O)(O)O. The normalized spacial score (nSPS) is 35.7. The van der Waals surface area contributed by atoms with E-state index >= 15 is 0 Å². The minimum atomic E-state index is -5.09. The van der Waals surface area contributed by atoms with Gasteiger partial charge in [0, 0.05) is 5.92 Å². The van der Waals surface area contributed by atoms with Gasteiger partial charge in [-0.3, -0.25) is 4.52 Å². The van der Waals surface area contributed by atoms with Crippen molar-refractivity contribution in [2.45, 2.75) is 53.4 Å². The zero-order valence-electron chi connectivity index (χ0n) is 14.6. The Morgan fingerprint density at radius 1 is 1.21 bits per heavy atom. The van der Waals surface area contributed by atoms with Crippen molar-refractivity contribution in [1.29, 1.82) is 0 Å². The van der Waals surface area contributed by atoms with E-state index in [4.69, 9.17) is 14.3 Å². The summed E-state index contributed by atoms with van der Waals surface area (Å²) in [5.74, 6) is 0.341. The average molecular weight is 382 g/mol. The second-order valence-electron chi connectivity index (χ2n) is 7.97. The van der Waals surface area contributed by atoms with Gasteiger partial charge in [0.15, 0.2) is 0 Å². The van der Waals surface area contributed by atoms with Gasteiger partial charge < -0.3 is 14.7 Å². The molecule has 0 radical (unpaired) electrons. The van der Waals surface area contributed by atoms with Crippen LogP contribution in [0.3, 0.4) is 0 Å². The van der Waals surface area contributed by atoms with Crippen LogP contribution in [-0.4, -0.2) is 21.3 Å². The van der Waals surface area contributed by atoms with Gasteiger partial charge in [-0.2, -0.15) is 4.31 Å². The molecular formula is C15H28O7P2. The molecule has 0 bridgehead atoms. The van der Waals surface area contributed by atoms with Gasteiger partial charge in [-0.25, -0.2) is 9.13 Å². The molecule has 2 aliphatic carbocycles. The quantitative estimate of drug-likeness (QED) is 0.486. The predicted octanol–water partition coefficient (Wildman–Crippen LogP) is 4.01. The third-order valence-electron chi connectivity index (χ3n) is 5.91. The van der Waals surface area contributed by atoms with Gasteiger partial charge in [0.05, 0.1) is 6.61 Å². The van der Waals surface area contributed by atoms with Crippen molar-refractivity contribution in [2.24, 2.45) is 22.7 Å². The molecule has 0 heterocycles. The van der Waals surface area contributed by atoms with E-state index in [0.29, 0.717) is 5.92 Å². The van der Waals surface area contributed by atoms with Crippen LogP contribution in [-0.2, 0) is 18.0 Å². The first kappa shape index (κ1) is 20.3. The molecule has 2 unspecified atom stereocenters. The summed E-state index contributed by atoms with van der Waals surface area (Å²) < 4.78 is 31.4. The Balaban J connectivity index is 2.19. The Bertz CT molecular complexity index is 609. The van der Waals surface area contributed by atoms with E-state index in [9.17, 15) is 14.0 Å². The van der Waals surface area contributed by atoms with Crippen LogP contribution >= 0.6 is 15.6 Å². The highest BCUT2D eigenvalue weighted by molar-refractivity contribution is 7.60. The summed E-state index contributed by atoms with van der Waals surface area (Å²) in [5.41, 5.74) is 1.18. The molecule has 3 N–H and O–H groups in total. The summed E-state index contributed by atoms with van der Waals surface area (Å²) in [5, 5.41) is 0. The largest absolute Gasteiger partial charge is 0.481 e. The van der Waals surface area contributed by atoms with Crippen molar-refractivity contribution in [3.63, 3.8) is 0 Å². The molecule has 9 heteroatoms. The van der Waals surface area contributed by atoms with Crippen molar-refractivity contribution in [1.82, 2.24) is 0 Å². The van der Waals surface area contributed by atoms with Crippen molar-refractivity contribution in [3.8, 4) is 0 Å². The Labute approximate surface area is 143 Å². The topological polar surface area (TPSA) is 113 Å². The van der Waals surface area contributed by atoms with Crippen molar-refractivity contribution in [2.75, 3.05) is 6.61 Å². The van der Waals surface area contributed by atoms with E-state index in [1.807, 2.05) is 6.92 Å². The number of phosphoric acid groups is 2. The van der Waals surface area contributed by atoms with Crippen LogP contribution in [0.15, 0.2) is 11.6 Å². The van der Waals surface area contributed by atoms with E-state index in [1.54, 1.807) is 0 Å². The average Bonchev–Trinajstić information content (AvgIpc) is 2.33. The Morgan fingerprint density at radius 3 is 2.42 bits per heavy atom. The van der Waals surface area contributed by atoms with Gasteiger partial charge in [-0.05, 0) is 42.9 Å². The van der Waals surface area contributed by atoms with E-state index < -0.39 is 15.6 Å². The van der Waals surface area contributed by atoms with E-state index in [1.165, 1.54) is 0 Å². The molecule has 1 saturated carbocycles. The van der Waals surface area contributed by atoms with Crippen molar-refractivity contribution < 1.29 is 32.6 Å². The van der Waals surface area contributed by atoms with Crippen LogP contribution in [0.25, 0.3) is 0 Å². The van der Waals surface area contributed by atoms with Crippen LogP contribution in [0.2, 0.25) is 0 Å². The monoisotopic (exact) mass is 382 g/mol. The smallest absolute Gasteiger partial charge is 0.302 e. The first-order valence-corrected chi connectivity index (χ1v) is 11.2. The zero-order valence-corrected chi connectivity index (χ0v) is 16.4. The van der Waals surface area contributed by atoms with Crippen LogP contribution in [0.4, 0.5) is 0 Å². The molecular weight excluding hydrogens is 354 g/mol. The van der Waals surface area contributed by atoms with Crippen LogP contribution in [0.5, 0.6) is 0 Å². The first-order valence-electron chi connectivity index (χ1n) is 8.18. The maximum atomic E-state index is 11.8. The highest BCUT2D eigenvalue weighted by atomic mass is 31.3. The Kier molecular flexibility index (Phi) is 5.61. The third-order valence-corrected chi connectivity index (χ3v) is 8.06. The van der Waals surface area contributed by atoms with Gasteiger partial charge in [0.1, 0.15) is 0 Å². The summed E-state index contributed by atoms with van der Waals surface area (Å²) >= 11 is 0. The van der Waals surface area contributed by atoms with Crippen LogP contribution in [0.1, 0.15) is 53.4 Å². The standard InChI is InChI=1S/C15H28O7P2/c1-11-6-7-13-14(2,3)8-5-9-15(13,4)12(11)10-21-24(19,20)22-23(16,17)18/h6,12-13H,5,7-10H2,1-4H3,(H,19,20)(H2,16,17,18)/t12-,13?,15+/m0/s1. The molecule has 7 nitrogen and oxygen atoms in total. The molecule has 0 saturated heterocycles. The van der Waals surface area contributed by atoms with E-state index in [2.05, 4.69) is 31.2 Å². The number of phosphoric ester groups is 1. The molecule has 24 heavy (non-hydrogen) atoms. The predicted molar refractivity (Wildman–Crippen MR) is 90.0 cm³/mol. The maximum absolute atomic E-state index is 11.8. The van der Waals surface area contributed by atoms with Gasteiger partial charge in [0.25, 0.3) is 0 Å². The Morgan fingerprint density at radius 2 is 1.83 bits per heavy atom. The highest BCUT2D eigenvalue weighted by Crippen LogP contribution is 2.62. The minimum absolute atomic E-state index is 0.0806. The van der Waals surface area contributed by atoms with Crippen LogP contribution < -0.4 is 0 Å². The van der Waals surface area contributed by atoms with Gasteiger partial charge in [-0.1, -0.05) is 38.8 Å². The fourth-order valence-corrected chi connectivity index (χ4v) is 6.39. The Hall–Kier alpha value is -0.0000000000000000416. The van der Waals surface area contributed by atoms with E-state index in [0.717, 1.165) is 31.3 Å². The maximum Gasteiger partial charge on any atom is 0.481 e. The van der Waals surface area contributed by atoms with Crippen molar-refractivity contribution in [3.05, 3.63) is 11.6 Å². The lowest BCUT2D eigenvalue weighted by Crippen LogP contribution is -2.49. The summed E-state index contributed by atoms with van der Waals surface area (Å²) in [4.78, 5) is 27.0. The highest BCUT2D eigenvalue weighted by Gasteiger charge is 2.52. The zero-order chi connectivity index (χ0) is 18.4. The molecule has 140 valence electrons. The molecule has 2 rings (SSSR count). The number of hydrogen-bond donors (Lipinski definition) is 3. The summed E-state index contributed by atoms with van der Waals surface area (Å²) in [6, 6.07) is 0. The van der Waals surface area contributed by atoms with Crippen LogP contribution in [0, 0.1) is 22.7 Å². The van der Waals surface area contributed by atoms with Crippen molar-refractivity contribution >= 4 is 15.6 Å². The molecule has 0 aromatic carbocycles. The third kappa shape index (κ3) is 4.39. The molecule has 0 spiro atoms. The second kappa shape index (κ2) is 6.62. The molecule has 4 atom stereocenters. The first-order chi connectivity index (χ1) is 10.8. The second-order valence-corrected chi connectivity index (χ2v) is 10.8. The lowest BCUT2D eigenvalue weighted by Gasteiger charge is -2.56. The van der Waals surface area contributed by atoms with Gasteiger partial charge in [0.2, 0.25) is 0 Å². The van der Waals surface area contributed by atoms with E-state index in [-0.39, 0.29) is 23.4 Å². The molecule has 0 aliphatic heterocycles. The number of allylic oxidation sites excluding steroid dienone is 1. The number of rotatable bonds is 5. The molecule has 0 aromatic rings. The lowest BCUT2D eigenvalue weighted by molar-refractivity contribution is -0.0501. The fraction of sp³-hybridized carbons (Fsp3) is 0.867. The molecule has 0 amide bonds. The lowest BCUT2D eigenvalue weighted by atomic mass is 9.49. The fourth-order valence-electron chi connectivity index (χ4n) is 4.79. The molecule has 1 fully saturated rings. The van der Waals surface area contributed by atoms with Gasteiger partial charge >= 0.3 is 15.6 Å². The number of fused-ring (bicyclic) bond motifs is 1. The van der Waals surface area contributed by atoms with Gasteiger partial charge in [-0.15, -0.1) is 0 Å². The molecule has 0 aromatic heterocycles.